The van der Waals surface area contributed by atoms with E-state index in [1.165, 1.54) is 43.2 Å². The van der Waals surface area contributed by atoms with Gasteiger partial charge in [-0.1, -0.05) is 6.07 Å². The number of aryl methyl sites for hydroxylation is 1. The van der Waals surface area contributed by atoms with Crippen LogP contribution >= 0.6 is 0 Å². The summed E-state index contributed by atoms with van der Waals surface area (Å²) in [5, 5.41) is 0. The van der Waals surface area contributed by atoms with Gasteiger partial charge in [0.05, 0.1) is 7.11 Å². The van der Waals surface area contributed by atoms with Gasteiger partial charge in [-0.3, -0.25) is 0 Å². The fourth-order valence-electron chi connectivity index (χ4n) is 3.10. The largest absolute Gasteiger partial charge is 0.496 e. The van der Waals surface area contributed by atoms with Crippen molar-refractivity contribution in [2.24, 2.45) is 5.73 Å². The topological polar surface area (TPSA) is 35.2 Å². The van der Waals surface area contributed by atoms with E-state index < -0.39 is 0 Å². The molecule has 0 aliphatic heterocycles. The Labute approximate surface area is 96.8 Å². The first-order chi connectivity index (χ1) is 7.80. The van der Waals surface area contributed by atoms with E-state index in [0.717, 1.165) is 12.3 Å². The van der Waals surface area contributed by atoms with Gasteiger partial charge in [-0.05, 0) is 49.3 Å². The SMILES string of the molecule is COc1ccc2c(c1C1(CN)CC1)CCC2. The van der Waals surface area contributed by atoms with Crippen molar-refractivity contribution in [1.82, 2.24) is 0 Å². The Morgan fingerprint density at radius 1 is 1.31 bits per heavy atom. The maximum Gasteiger partial charge on any atom is 0.122 e. The lowest BCUT2D eigenvalue weighted by atomic mass is 9.88. The molecule has 0 unspecified atom stereocenters. The Hall–Kier alpha value is -1.02. The standard InChI is InChI=1S/C14H19NO/c1-16-12-6-5-10-3-2-4-11(10)13(12)14(9-15)7-8-14/h5-6H,2-4,7-9,15H2,1H3. The third-order valence-electron chi connectivity index (χ3n) is 4.24. The number of hydrogen-bond acceptors (Lipinski definition) is 2. The van der Waals surface area contributed by atoms with Gasteiger partial charge in [0.1, 0.15) is 5.75 Å². The van der Waals surface area contributed by atoms with E-state index in [1.54, 1.807) is 12.7 Å². The van der Waals surface area contributed by atoms with Gasteiger partial charge in [-0.2, -0.15) is 0 Å². The first-order valence-corrected chi connectivity index (χ1v) is 6.20. The second kappa shape index (κ2) is 3.49. The van der Waals surface area contributed by atoms with Gasteiger partial charge in [0.2, 0.25) is 0 Å². The molecule has 1 fully saturated rings. The molecule has 86 valence electrons. The Kier molecular flexibility index (Phi) is 2.21. The zero-order valence-corrected chi connectivity index (χ0v) is 9.88. The van der Waals surface area contributed by atoms with Crippen molar-refractivity contribution in [1.29, 1.82) is 0 Å². The van der Waals surface area contributed by atoms with Gasteiger partial charge in [-0.25, -0.2) is 0 Å². The minimum absolute atomic E-state index is 0.251. The molecule has 0 saturated heterocycles. The summed E-state index contributed by atoms with van der Waals surface area (Å²) in [6.07, 6.45) is 6.19. The van der Waals surface area contributed by atoms with Crippen molar-refractivity contribution in [3.05, 3.63) is 28.8 Å². The number of ether oxygens (including phenoxy) is 1. The van der Waals surface area contributed by atoms with Gasteiger partial charge in [0, 0.05) is 17.5 Å². The molecule has 0 heterocycles. The Bertz CT molecular complexity index is 421. The number of rotatable bonds is 3. The zero-order chi connectivity index (χ0) is 11.2. The lowest BCUT2D eigenvalue weighted by Crippen LogP contribution is -2.22. The highest BCUT2D eigenvalue weighted by Gasteiger charge is 2.46. The summed E-state index contributed by atoms with van der Waals surface area (Å²) in [6, 6.07) is 4.37. The Morgan fingerprint density at radius 3 is 2.75 bits per heavy atom. The molecule has 2 aliphatic rings. The van der Waals surface area contributed by atoms with E-state index in [4.69, 9.17) is 10.5 Å². The van der Waals surface area contributed by atoms with Gasteiger partial charge in [0.25, 0.3) is 0 Å². The first-order valence-electron chi connectivity index (χ1n) is 6.20. The molecular weight excluding hydrogens is 198 g/mol. The van der Waals surface area contributed by atoms with Crippen LogP contribution in [-0.2, 0) is 18.3 Å². The van der Waals surface area contributed by atoms with Crippen molar-refractivity contribution in [3.63, 3.8) is 0 Å². The summed E-state index contributed by atoms with van der Waals surface area (Å²) < 4.78 is 5.54. The van der Waals surface area contributed by atoms with Crippen LogP contribution in [0.1, 0.15) is 36.0 Å². The molecule has 2 heteroatoms. The molecule has 1 saturated carbocycles. The van der Waals surface area contributed by atoms with E-state index in [2.05, 4.69) is 12.1 Å². The molecule has 2 N–H and O–H groups in total. The minimum atomic E-state index is 0.251. The summed E-state index contributed by atoms with van der Waals surface area (Å²) in [5.74, 6) is 1.06. The number of benzene rings is 1. The predicted octanol–water partition coefficient (Wildman–Crippen LogP) is 2.17. The van der Waals surface area contributed by atoms with Crippen LogP contribution in [-0.4, -0.2) is 13.7 Å². The summed E-state index contributed by atoms with van der Waals surface area (Å²) in [6.45, 7) is 0.764. The van der Waals surface area contributed by atoms with Crippen LogP contribution in [0.15, 0.2) is 12.1 Å². The summed E-state index contributed by atoms with van der Waals surface area (Å²) in [5.41, 5.74) is 10.7. The average Bonchev–Trinajstić information content (AvgIpc) is 2.97. The van der Waals surface area contributed by atoms with Crippen LogP contribution in [0.4, 0.5) is 0 Å². The predicted molar refractivity (Wildman–Crippen MR) is 65.0 cm³/mol. The van der Waals surface area contributed by atoms with E-state index in [-0.39, 0.29) is 5.41 Å². The molecule has 2 aliphatic carbocycles. The van der Waals surface area contributed by atoms with Crippen LogP contribution in [0.3, 0.4) is 0 Å². The third-order valence-corrected chi connectivity index (χ3v) is 4.24. The Balaban J connectivity index is 2.17. The summed E-state index contributed by atoms with van der Waals surface area (Å²) >= 11 is 0. The molecule has 3 rings (SSSR count). The first kappa shape index (κ1) is 10.2. The van der Waals surface area contributed by atoms with Gasteiger partial charge in [0.15, 0.2) is 0 Å². The van der Waals surface area contributed by atoms with Crippen LogP contribution < -0.4 is 10.5 Å². The minimum Gasteiger partial charge on any atom is -0.496 e. The Morgan fingerprint density at radius 2 is 2.12 bits per heavy atom. The number of hydrogen-bond donors (Lipinski definition) is 1. The van der Waals surface area contributed by atoms with Crippen LogP contribution in [0.5, 0.6) is 5.75 Å². The lowest BCUT2D eigenvalue weighted by molar-refractivity contribution is 0.403. The molecule has 2 nitrogen and oxygen atoms in total. The molecule has 0 radical (unpaired) electrons. The molecule has 0 atom stereocenters. The third kappa shape index (κ3) is 1.29. The number of fused-ring (bicyclic) bond motifs is 1. The molecule has 0 bridgehead atoms. The molecule has 0 spiro atoms. The highest BCUT2D eigenvalue weighted by molar-refractivity contribution is 5.53. The highest BCUT2D eigenvalue weighted by Crippen LogP contribution is 2.53. The van der Waals surface area contributed by atoms with E-state index >= 15 is 0 Å². The zero-order valence-electron chi connectivity index (χ0n) is 9.88. The monoisotopic (exact) mass is 217 g/mol. The van der Waals surface area contributed by atoms with Crippen molar-refractivity contribution in [2.75, 3.05) is 13.7 Å². The van der Waals surface area contributed by atoms with Gasteiger partial charge in [-0.15, -0.1) is 0 Å². The smallest absolute Gasteiger partial charge is 0.122 e. The lowest BCUT2D eigenvalue weighted by Gasteiger charge is -2.21. The maximum absolute atomic E-state index is 5.96. The van der Waals surface area contributed by atoms with Gasteiger partial charge < -0.3 is 10.5 Å². The van der Waals surface area contributed by atoms with Crippen molar-refractivity contribution >= 4 is 0 Å². The van der Waals surface area contributed by atoms with E-state index in [0.29, 0.717) is 0 Å². The highest BCUT2D eigenvalue weighted by atomic mass is 16.5. The molecule has 0 amide bonds. The maximum atomic E-state index is 5.96. The normalized spacial score (nSPS) is 20.6. The molecular formula is C14H19NO. The van der Waals surface area contributed by atoms with Crippen LogP contribution in [0.25, 0.3) is 0 Å². The fraction of sp³-hybridized carbons (Fsp3) is 0.571. The molecule has 0 aromatic heterocycles. The summed E-state index contributed by atoms with van der Waals surface area (Å²) in [4.78, 5) is 0. The van der Waals surface area contributed by atoms with E-state index in [9.17, 15) is 0 Å². The number of nitrogens with two attached hydrogens (primary N) is 1. The quantitative estimate of drug-likeness (QED) is 0.842. The van der Waals surface area contributed by atoms with Crippen molar-refractivity contribution < 1.29 is 4.74 Å². The van der Waals surface area contributed by atoms with E-state index in [1.807, 2.05) is 0 Å². The summed E-state index contributed by atoms with van der Waals surface area (Å²) in [7, 11) is 1.77. The van der Waals surface area contributed by atoms with Crippen molar-refractivity contribution in [3.8, 4) is 5.75 Å². The molecule has 16 heavy (non-hydrogen) atoms. The number of methoxy groups -OCH3 is 1. The molecule has 1 aromatic carbocycles. The van der Waals surface area contributed by atoms with Crippen LogP contribution in [0.2, 0.25) is 0 Å². The average molecular weight is 217 g/mol. The van der Waals surface area contributed by atoms with Crippen LogP contribution in [0, 0.1) is 0 Å². The fourth-order valence-corrected chi connectivity index (χ4v) is 3.10. The van der Waals surface area contributed by atoms with Crippen molar-refractivity contribution in [2.45, 2.75) is 37.5 Å². The molecule has 1 aromatic rings. The van der Waals surface area contributed by atoms with Gasteiger partial charge >= 0.3 is 0 Å². The second-order valence-corrected chi connectivity index (χ2v) is 5.12. The second-order valence-electron chi connectivity index (χ2n) is 5.12.